The van der Waals surface area contributed by atoms with Crippen LogP contribution in [0.25, 0.3) is 0 Å². The Morgan fingerprint density at radius 3 is 2.35 bits per heavy atom. The molecule has 2 N–H and O–H groups in total. The number of rotatable bonds is 4. The molecule has 1 saturated carbocycles. The standard InChI is InChI=1S/C14H25NO2/c1-13(2)8-10(14(3,4)17-13)12(16)7-11(15)9-5-6-9/h9-11H,5-8,15H2,1-4H3. The number of ether oxygens (including phenoxy) is 1. The molecule has 2 fully saturated rings. The Morgan fingerprint density at radius 2 is 1.94 bits per heavy atom. The lowest BCUT2D eigenvalue weighted by Gasteiger charge is -2.27. The van der Waals surface area contributed by atoms with Crippen LogP contribution in [0.3, 0.4) is 0 Å². The van der Waals surface area contributed by atoms with E-state index >= 15 is 0 Å². The van der Waals surface area contributed by atoms with Crippen molar-refractivity contribution in [1.82, 2.24) is 0 Å². The maximum absolute atomic E-state index is 12.3. The van der Waals surface area contributed by atoms with Crippen molar-refractivity contribution in [3.63, 3.8) is 0 Å². The minimum absolute atomic E-state index is 0.00213. The van der Waals surface area contributed by atoms with Crippen molar-refractivity contribution >= 4 is 5.78 Å². The SMILES string of the molecule is CC1(C)CC(C(=O)CC(N)C2CC2)C(C)(C)O1. The summed E-state index contributed by atoms with van der Waals surface area (Å²) >= 11 is 0. The molecule has 0 bridgehead atoms. The van der Waals surface area contributed by atoms with Gasteiger partial charge < -0.3 is 10.5 Å². The normalized spacial score (nSPS) is 32.4. The molecular formula is C14H25NO2. The summed E-state index contributed by atoms with van der Waals surface area (Å²) in [4.78, 5) is 12.3. The summed E-state index contributed by atoms with van der Waals surface area (Å²) in [5.74, 6) is 0.889. The number of carbonyl (C=O) groups excluding carboxylic acids is 1. The second-order valence-electron chi connectivity index (χ2n) is 6.89. The smallest absolute Gasteiger partial charge is 0.140 e. The fraction of sp³-hybridized carbons (Fsp3) is 0.929. The lowest BCUT2D eigenvalue weighted by molar-refractivity contribution is -0.129. The molecule has 1 saturated heterocycles. The summed E-state index contributed by atoms with van der Waals surface area (Å²) in [6.45, 7) is 8.16. The number of carbonyl (C=O) groups is 1. The topological polar surface area (TPSA) is 52.3 Å². The molecule has 0 spiro atoms. The summed E-state index contributed by atoms with van der Waals surface area (Å²) in [6.07, 6.45) is 3.74. The van der Waals surface area contributed by atoms with Crippen molar-refractivity contribution in [3.8, 4) is 0 Å². The summed E-state index contributed by atoms with van der Waals surface area (Å²) in [5.41, 5.74) is 5.51. The first-order chi connectivity index (χ1) is 7.71. The number of nitrogens with two attached hydrogens (primary N) is 1. The molecule has 2 unspecified atom stereocenters. The third kappa shape index (κ3) is 2.89. The average Bonchev–Trinajstić information content (AvgIpc) is 2.91. The van der Waals surface area contributed by atoms with Gasteiger partial charge in [-0.2, -0.15) is 0 Å². The molecule has 0 aromatic rings. The van der Waals surface area contributed by atoms with E-state index in [-0.39, 0.29) is 23.2 Å². The van der Waals surface area contributed by atoms with Crippen LogP contribution in [0.15, 0.2) is 0 Å². The predicted molar refractivity (Wildman–Crippen MR) is 67.7 cm³/mol. The number of Topliss-reactive ketones (excluding diaryl/α,β-unsaturated/α-hetero) is 1. The van der Waals surface area contributed by atoms with Crippen LogP contribution in [-0.4, -0.2) is 23.0 Å². The van der Waals surface area contributed by atoms with Gasteiger partial charge in [-0.05, 0) is 52.9 Å². The van der Waals surface area contributed by atoms with E-state index in [1.165, 1.54) is 12.8 Å². The van der Waals surface area contributed by atoms with Crippen LogP contribution in [0.2, 0.25) is 0 Å². The highest BCUT2D eigenvalue weighted by atomic mass is 16.5. The molecular weight excluding hydrogens is 214 g/mol. The molecule has 98 valence electrons. The molecule has 2 rings (SSSR count). The molecule has 0 aromatic carbocycles. The van der Waals surface area contributed by atoms with Gasteiger partial charge >= 0.3 is 0 Å². The second kappa shape index (κ2) is 4.06. The van der Waals surface area contributed by atoms with Crippen molar-refractivity contribution in [2.24, 2.45) is 17.6 Å². The van der Waals surface area contributed by atoms with E-state index < -0.39 is 0 Å². The first-order valence-corrected chi connectivity index (χ1v) is 6.70. The van der Waals surface area contributed by atoms with Crippen molar-refractivity contribution in [2.45, 2.75) is 70.6 Å². The highest BCUT2D eigenvalue weighted by molar-refractivity contribution is 5.83. The average molecular weight is 239 g/mol. The highest BCUT2D eigenvalue weighted by Gasteiger charge is 2.49. The third-order valence-electron chi connectivity index (χ3n) is 4.13. The maximum atomic E-state index is 12.3. The first-order valence-electron chi connectivity index (χ1n) is 6.70. The van der Waals surface area contributed by atoms with Gasteiger partial charge in [-0.15, -0.1) is 0 Å². The maximum Gasteiger partial charge on any atom is 0.140 e. The van der Waals surface area contributed by atoms with E-state index in [4.69, 9.17) is 10.5 Å². The number of hydrogen-bond donors (Lipinski definition) is 1. The summed E-state index contributed by atoms with van der Waals surface area (Å²) in [7, 11) is 0. The summed E-state index contributed by atoms with van der Waals surface area (Å²) < 4.78 is 5.97. The van der Waals surface area contributed by atoms with Gasteiger partial charge in [0, 0.05) is 18.4 Å². The molecule has 1 heterocycles. The van der Waals surface area contributed by atoms with Gasteiger partial charge in [0.2, 0.25) is 0 Å². The Bertz CT molecular complexity index is 318. The van der Waals surface area contributed by atoms with E-state index in [1.807, 2.05) is 13.8 Å². The molecule has 0 aromatic heterocycles. The minimum atomic E-state index is -0.343. The van der Waals surface area contributed by atoms with Crippen LogP contribution < -0.4 is 5.73 Å². The fourth-order valence-corrected chi connectivity index (χ4v) is 3.13. The zero-order valence-corrected chi connectivity index (χ0v) is 11.5. The molecule has 17 heavy (non-hydrogen) atoms. The van der Waals surface area contributed by atoms with Crippen LogP contribution >= 0.6 is 0 Å². The van der Waals surface area contributed by atoms with E-state index in [0.717, 1.165) is 6.42 Å². The van der Waals surface area contributed by atoms with Crippen molar-refractivity contribution in [1.29, 1.82) is 0 Å². The molecule has 3 nitrogen and oxygen atoms in total. The lowest BCUT2D eigenvalue weighted by Crippen LogP contribution is -2.37. The van der Waals surface area contributed by atoms with E-state index in [0.29, 0.717) is 18.1 Å². The van der Waals surface area contributed by atoms with Crippen molar-refractivity contribution < 1.29 is 9.53 Å². The zero-order chi connectivity index (χ0) is 12.8. The summed E-state index contributed by atoms with van der Waals surface area (Å²) in [5, 5.41) is 0. The Balaban J connectivity index is 1.98. The van der Waals surface area contributed by atoms with Gasteiger partial charge in [0.15, 0.2) is 0 Å². The third-order valence-corrected chi connectivity index (χ3v) is 4.13. The van der Waals surface area contributed by atoms with Crippen LogP contribution in [0.1, 0.15) is 53.4 Å². The minimum Gasteiger partial charge on any atom is -0.369 e. The van der Waals surface area contributed by atoms with Gasteiger partial charge in [-0.3, -0.25) is 4.79 Å². The van der Waals surface area contributed by atoms with E-state index in [2.05, 4.69) is 13.8 Å². The fourth-order valence-electron chi connectivity index (χ4n) is 3.13. The largest absolute Gasteiger partial charge is 0.369 e. The van der Waals surface area contributed by atoms with Crippen molar-refractivity contribution in [2.75, 3.05) is 0 Å². The molecule has 2 atom stereocenters. The monoisotopic (exact) mass is 239 g/mol. The molecule has 1 aliphatic carbocycles. The molecule has 0 radical (unpaired) electrons. The number of hydrogen-bond acceptors (Lipinski definition) is 3. The van der Waals surface area contributed by atoms with Crippen LogP contribution in [0.4, 0.5) is 0 Å². The first kappa shape index (κ1) is 13.0. The van der Waals surface area contributed by atoms with E-state index in [1.54, 1.807) is 0 Å². The van der Waals surface area contributed by atoms with Gasteiger partial charge in [-0.1, -0.05) is 0 Å². The zero-order valence-electron chi connectivity index (χ0n) is 11.5. The lowest BCUT2D eigenvalue weighted by atomic mass is 9.82. The van der Waals surface area contributed by atoms with Crippen LogP contribution in [-0.2, 0) is 9.53 Å². The quantitative estimate of drug-likeness (QED) is 0.819. The van der Waals surface area contributed by atoms with Crippen LogP contribution in [0.5, 0.6) is 0 Å². The number of ketones is 1. The molecule has 3 heteroatoms. The Morgan fingerprint density at radius 1 is 1.35 bits per heavy atom. The van der Waals surface area contributed by atoms with Gasteiger partial charge in [0.05, 0.1) is 11.2 Å². The second-order valence-corrected chi connectivity index (χ2v) is 6.89. The highest BCUT2D eigenvalue weighted by Crippen LogP contribution is 2.43. The molecule has 0 amide bonds. The van der Waals surface area contributed by atoms with E-state index in [9.17, 15) is 4.79 Å². The van der Waals surface area contributed by atoms with Gasteiger partial charge in [-0.25, -0.2) is 0 Å². The molecule has 1 aliphatic heterocycles. The summed E-state index contributed by atoms with van der Waals surface area (Å²) in [6, 6.07) is 0.0713. The Labute approximate surface area is 104 Å². The van der Waals surface area contributed by atoms with Crippen molar-refractivity contribution in [3.05, 3.63) is 0 Å². The van der Waals surface area contributed by atoms with Gasteiger partial charge in [0.1, 0.15) is 5.78 Å². The Hall–Kier alpha value is -0.410. The predicted octanol–water partition coefficient (Wildman–Crippen LogP) is 2.28. The van der Waals surface area contributed by atoms with Crippen LogP contribution in [0, 0.1) is 11.8 Å². The van der Waals surface area contributed by atoms with Gasteiger partial charge in [0.25, 0.3) is 0 Å². The molecule has 2 aliphatic rings. The Kier molecular flexibility index (Phi) is 3.11.